The Labute approximate surface area is 128 Å². The van der Waals surface area contributed by atoms with Crippen LogP contribution >= 0.6 is 0 Å². The average Bonchev–Trinajstić information content (AvgIpc) is 2.63. The summed E-state index contributed by atoms with van der Waals surface area (Å²) in [5.74, 6) is -1.15. The lowest BCUT2D eigenvalue weighted by atomic mass is 9.94. The number of benzene rings is 1. The molecule has 2 rings (SSSR count). The lowest BCUT2D eigenvalue weighted by Gasteiger charge is -2.28. The number of hydrogen-bond donors (Lipinski definition) is 0. The summed E-state index contributed by atoms with van der Waals surface area (Å²) in [5, 5.41) is 1.65. The molecule has 1 aliphatic rings. The first kappa shape index (κ1) is 15.8. The lowest BCUT2D eigenvalue weighted by Crippen LogP contribution is -2.48. The molecule has 3 amide bonds. The highest BCUT2D eigenvalue weighted by molar-refractivity contribution is 5.95. The number of hydrazine groups is 1. The van der Waals surface area contributed by atoms with Crippen molar-refractivity contribution in [3.05, 3.63) is 48.2 Å². The molecule has 1 aromatic carbocycles. The maximum atomic E-state index is 12.1. The Bertz CT molecular complexity index is 627. The number of rotatable bonds is 3. The number of carbonyl (C=O) groups excluding carboxylic acids is 3. The zero-order valence-corrected chi connectivity index (χ0v) is 12.8. The minimum atomic E-state index is -1.01. The molecule has 1 saturated heterocycles. The zero-order valence-electron chi connectivity index (χ0n) is 12.8. The van der Waals surface area contributed by atoms with Gasteiger partial charge in [-0.2, -0.15) is 10.0 Å². The van der Waals surface area contributed by atoms with Gasteiger partial charge in [-0.1, -0.05) is 36.9 Å². The molecule has 0 radical (unpaired) electrons. The highest BCUT2D eigenvalue weighted by atomic mass is 16.6. The summed E-state index contributed by atoms with van der Waals surface area (Å²) in [5.41, 5.74) is 0.200. The predicted molar refractivity (Wildman–Crippen MR) is 79.2 cm³/mol. The van der Waals surface area contributed by atoms with Crippen LogP contribution in [-0.2, 0) is 20.7 Å². The fourth-order valence-corrected chi connectivity index (χ4v) is 2.46. The van der Waals surface area contributed by atoms with E-state index in [1.54, 1.807) is 6.92 Å². The smallest absolute Gasteiger partial charge is 0.434 e. The van der Waals surface area contributed by atoms with Gasteiger partial charge in [0.05, 0.1) is 5.70 Å². The van der Waals surface area contributed by atoms with Crippen molar-refractivity contribution >= 4 is 17.9 Å². The van der Waals surface area contributed by atoms with E-state index in [4.69, 9.17) is 4.74 Å². The molecule has 0 N–H and O–H groups in total. The van der Waals surface area contributed by atoms with Crippen LogP contribution in [0.15, 0.2) is 42.6 Å². The largest absolute Gasteiger partial charge is 0.435 e. The van der Waals surface area contributed by atoms with Gasteiger partial charge in [-0.3, -0.25) is 9.59 Å². The normalized spacial score (nSPS) is 20.8. The molecule has 116 valence electrons. The van der Waals surface area contributed by atoms with Gasteiger partial charge < -0.3 is 4.74 Å². The molecule has 0 aromatic heterocycles. The van der Waals surface area contributed by atoms with Crippen molar-refractivity contribution in [2.75, 3.05) is 0 Å². The van der Waals surface area contributed by atoms with Crippen LogP contribution < -0.4 is 0 Å². The van der Waals surface area contributed by atoms with E-state index in [1.165, 1.54) is 13.8 Å². The van der Waals surface area contributed by atoms with Crippen molar-refractivity contribution in [3.63, 3.8) is 0 Å². The van der Waals surface area contributed by atoms with Gasteiger partial charge >= 0.3 is 6.09 Å². The summed E-state index contributed by atoms with van der Waals surface area (Å²) in [6.07, 6.45) is -0.382. The molecule has 6 heteroatoms. The Kier molecular flexibility index (Phi) is 4.03. The average molecular weight is 302 g/mol. The molecule has 0 aliphatic carbocycles. The second kappa shape index (κ2) is 5.63. The number of ether oxygens (including phenoxy) is 1. The Hall–Kier alpha value is -2.63. The predicted octanol–water partition coefficient (Wildman–Crippen LogP) is 2.26. The fourth-order valence-electron chi connectivity index (χ4n) is 2.46. The highest BCUT2D eigenvalue weighted by Crippen LogP contribution is 2.36. The minimum absolute atomic E-state index is 0.256. The highest BCUT2D eigenvalue weighted by Gasteiger charge is 2.49. The molecule has 0 unspecified atom stereocenters. The molecule has 22 heavy (non-hydrogen) atoms. The van der Waals surface area contributed by atoms with Gasteiger partial charge in [0.2, 0.25) is 11.8 Å². The van der Waals surface area contributed by atoms with Gasteiger partial charge in [0, 0.05) is 20.3 Å². The van der Waals surface area contributed by atoms with Crippen LogP contribution in [0.3, 0.4) is 0 Å². The van der Waals surface area contributed by atoms with E-state index in [-0.39, 0.29) is 5.70 Å². The molecule has 1 atom stereocenters. The SMILES string of the molecule is C=C1N(N(C(C)=O)C(C)=O)C(=O)O[C@@]1(C)Cc1ccccc1. The summed E-state index contributed by atoms with van der Waals surface area (Å²) in [6.45, 7) is 7.97. The van der Waals surface area contributed by atoms with Gasteiger partial charge in [0.25, 0.3) is 0 Å². The summed E-state index contributed by atoms with van der Waals surface area (Å²) in [7, 11) is 0. The zero-order chi connectivity index (χ0) is 16.5. The van der Waals surface area contributed by atoms with E-state index >= 15 is 0 Å². The molecule has 1 aromatic rings. The van der Waals surface area contributed by atoms with Crippen LogP contribution in [0.25, 0.3) is 0 Å². The first-order valence-corrected chi connectivity index (χ1v) is 6.84. The maximum absolute atomic E-state index is 12.1. The topological polar surface area (TPSA) is 66.9 Å². The van der Waals surface area contributed by atoms with Crippen molar-refractivity contribution < 1.29 is 19.1 Å². The van der Waals surface area contributed by atoms with Crippen molar-refractivity contribution in [1.29, 1.82) is 0 Å². The van der Waals surface area contributed by atoms with Gasteiger partial charge in [-0.05, 0) is 12.5 Å². The quantitative estimate of drug-likeness (QED) is 0.859. The number of imide groups is 1. The summed E-state index contributed by atoms with van der Waals surface area (Å²) < 4.78 is 5.40. The van der Waals surface area contributed by atoms with Crippen LogP contribution in [-0.4, -0.2) is 33.5 Å². The van der Waals surface area contributed by atoms with E-state index in [0.29, 0.717) is 6.42 Å². The van der Waals surface area contributed by atoms with E-state index in [0.717, 1.165) is 15.6 Å². The lowest BCUT2D eigenvalue weighted by molar-refractivity contribution is -0.154. The molecular weight excluding hydrogens is 284 g/mol. The monoisotopic (exact) mass is 302 g/mol. The molecule has 0 spiro atoms. The van der Waals surface area contributed by atoms with Crippen molar-refractivity contribution in [2.24, 2.45) is 0 Å². The number of amides is 3. The van der Waals surface area contributed by atoms with E-state index in [9.17, 15) is 14.4 Å². The third-order valence-corrected chi connectivity index (χ3v) is 3.53. The number of hydrogen-bond acceptors (Lipinski definition) is 4. The van der Waals surface area contributed by atoms with Crippen molar-refractivity contribution in [3.8, 4) is 0 Å². The van der Waals surface area contributed by atoms with E-state index in [2.05, 4.69) is 6.58 Å². The van der Waals surface area contributed by atoms with Gasteiger partial charge in [-0.25, -0.2) is 4.79 Å². The van der Waals surface area contributed by atoms with Crippen LogP contribution in [0.1, 0.15) is 26.3 Å². The molecular formula is C16H18N2O4. The summed E-state index contributed by atoms with van der Waals surface area (Å²) in [6, 6.07) is 9.47. The Morgan fingerprint density at radius 1 is 1.23 bits per heavy atom. The maximum Gasteiger partial charge on any atom is 0.434 e. The Balaban J connectivity index is 2.31. The number of carbonyl (C=O) groups is 3. The van der Waals surface area contributed by atoms with E-state index in [1.807, 2.05) is 30.3 Å². The number of cyclic esters (lactones) is 1. The molecule has 1 aliphatic heterocycles. The Morgan fingerprint density at radius 3 is 2.27 bits per heavy atom. The molecule has 1 fully saturated rings. The van der Waals surface area contributed by atoms with Crippen LogP contribution in [0.2, 0.25) is 0 Å². The third kappa shape index (κ3) is 2.72. The number of nitrogens with zero attached hydrogens (tertiary/aromatic N) is 2. The summed E-state index contributed by atoms with van der Waals surface area (Å²) >= 11 is 0. The molecule has 1 heterocycles. The van der Waals surface area contributed by atoms with Crippen molar-refractivity contribution in [1.82, 2.24) is 10.0 Å². The summed E-state index contributed by atoms with van der Waals surface area (Å²) in [4.78, 5) is 35.4. The Morgan fingerprint density at radius 2 is 1.77 bits per heavy atom. The van der Waals surface area contributed by atoms with Crippen LogP contribution in [0.5, 0.6) is 0 Å². The van der Waals surface area contributed by atoms with Gasteiger partial charge in [-0.15, -0.1) is 0 Å². The molecule has 6 nitrogen and oxygen atoms in total. The van der Waals surface area contributed by atoms with Crippen LogP contribution in [0, 0.1) is 0 Å². The third-order valence-electron chi connectivity index (χ3n) is 3.53. The minimum Gasteiger partial charge on any atom is -0.435 e. The van der Waals surface area contributed by atoms with Gasteiger partial charge in [0.1, 0.15) is 0 Å². The van der Waals surface area contributed by atoms with Gasteiger partial charge in [0.15, 0.2) is 5.60 Å². The molecule has 0 bridgehead atoms. The fraction of sp³-hybridized carbons (Fsp3) is 0.312. The van der Waals surface area contributed by atoms with Crippen molar-refractivity contribution in [2.45, 2.75) is 32.8 Å². The second-order valence-electron chi connectivity index (χ2n) is 5.37. The first-order chi connectivity index (χ1) is 10.3. The standard InChI is InChI=1S/C16H18N2O4/c1-11-16(4,10-14-8-6-5-7-9-14)22-15(21)17(11)18(12(2)19)13(3)20/h5-9H,1,10H2,2-4H3/t16-/m0/s1. The first-order valence-electron chi connectivity index (χ1n) is 6.84. The second-order valence-corrected chi connectivity index (χ2v) is 5.37. The van der Waals surface area contributed by atoms with E-state index < -0.39 is 23.5 Å². The molecule has 0 saturated carbocycles. The van der Waals surface area contributed by atoms with Crippen LogP contribution in [0.4, 0.5) is 4.79 Å².